The number of carbonyl (C=O) groups excluding carboxylic acids is 2. The van der Waals surface area contributed by atoms with Crippen LogP contribution in [0.25, 0.3) is 0 Å². The molecule has 2 aliphatic carbocycles. The van der Waals surface area contributed by atoms with Gasteiger partial charge in [-0.15, -0.1) is 0 Å². The summed E-state index contributed by atoms with van der Waals surface area (Å²) in [5.74, 6) is 1.69. The van der Waals surface area contributed by atoms with E-state index in [1.54, 1.807) is 0 Å². The molecule has 2 aliphatic heterocycles. The van der Waals surface area contributed by atoms with Gasteiger partial charge >= 0.3 is 0 Å². The lowest BCUT2D eigenvalue weighted by Crippen LogP contribution is -2.40. The molecule has 0 bridgehead atoms. The summed E-state index contributed by atoms with van der Waals surface area (Å²) < 4.78 is 0. The number of aromatic nitrogens is 2. The van der Waals surface area contributed by atoms with Gasteiger partial charge in [-0.05, 0) is 32.1 Å². The third kappa shape index (κ3) is 2.83. The van der Waals surface area contributed by atoms with Crippen molar-refractivity contribution < 1.29 is 9.59 Å². The van der Waals surface area contributed by atoms with Crippen molar-refractivity contribution in [3.8, 4) is 0 Å². The van der Waals surface area contributed by atoms with Gasteiger partial charge in [-0.3, -0.25) is 14.4 Å². The van der Waals surface area contributed by atoms with Crippen LogP contribution < -0.4 is 5.56 Å². The van der Waals surface area contributed by atoms with Gasteiger partial charge in [0.25, 0.3) is 5.56 Å². The maximum atomic E-state index is 12.6. The number of rotatable bonds is 3. The van der Waals surface area contributed by atoms with Crippen LogP contribution in [0.2, 0.25) is 0 Å². The van der Waals surface area contributed by atoms with E-state index >= 15 is 0 Å². The van der Waals surface area contributed by atoms with Gasteiger partial charge in [0.1, 0.15) is 5.82 Å². The molecule has 1 N–H and O–H groups in total. The Morgan fingerprint density at radius 1 is 0.962 bits per heavy atom. The zero-order chi connectivity index (χ0) is 17.8. The number of nitrogens with zero attached hydrogens (tertiary/aromatic N) is 3. The predicted octanol–water partition coefficient (Wildman–Crippen LogP) is 0.790. The van der Waals surface area contributed by atoms with Crippen LogP contribution >= 0.6 is 0 Å². The minimum Gasteiger partial charge on any atom is -0.342 e. The van der Waals surface area contributed by atoms with Crippen LogP contribution in [0.1, 0.15) is 55.1 Å². The highest BCUT2D eigenvalue weighted by Crippen LogP contribution is 2.35. The Kier molecular flexibility index (Phi) is 3.65. The summed E-state index contributed by atoms with van der Waals surface area (Å²) in [5, 5.41) is 0. The normalized spacial score (nSPS) is 25.3. The van der Waals surface area contributed by atoms with E-state index in [-0.39, 0.29) is 35.1 Å². The molecule has 1 aromatic rings. The summed E-state index contributed by atoms with van der Waals surface area (Å²) in [4.78, 5) is 48.5. The minimum atomic E-state index is -0.120. The molecule has 5 rings (SSSR count). The fourth-order valence-electron chi connectivity index (χ4n) is 4.19. The Hall–Kier alpha value is -2.18. The van der Waals surface area contributed by atoms with Crippen LogP contribution in [0.4, 0.5) is 0 Å². The first-order chi connectivity index (χ1) is 12.6. The van der Waals surface area contributed by atoms with Gasteiger partial charge in [0.05, 0.1) is 17.8 Å². The number of nitrogens with one attached hydrogen (secondary N) is 1. The SMILES string of the molecule is O=C(C1CC1)N1CCc2nc([C@@H]3CCN(C(=O)C4CC4)C3)[nH]c(=O)c2C1. The molecule has 0 spiro atoms. The van der Waals surface area contributed by atoms with Gasteiger partial charge in [0, 0.05) is 43.8 Å². The number of likely N-dealkylation sites (tertiary alicyclic amines) is 1. The molecule has 138 valence electrons. The summed E-state index contributed by atoms with van der Waals surface area (Å²) in [7, 11) is 0. The molecule has 1 saturated heterocycles. The second-order valence-corrected chi connectivity index (χ2v) is 8.20. The van der Waals surface area contributed by atoms with Crippen molar-refractivity contribution >= 4 is 11.8 Å². The lowest BCUT2D eigenvalue weighted by molar-refractivity contribution is -0.133. The van der Waals surface area contributed by atoms with E-state index in [0.29, 0.717) is 37.4 Å². The molecule has 1 aromatic heterocycles. The topological polar surface area (TPSA) is 86.4 Å². The largest absolute Gasteiger partial charge is 0.342 e. The first kappa shape index (κ1) is 16.0. The summed E-state index contributed by atoms with van der Waals surface area (Å²) in [6.07, 6.45) is 5.49. The molecule has 4 aliphatic rings. The molecule has 2 saturated carbocycles. The van der Waals surface area contributed by atoms with Crippen LogP contribution in [-0.2, 0) is 22.6 Å². The maximum Gasteiger partial charge on any atom is 0.256 e. The molecule has 0 unspecified atom stereocenters. The first-order valence-electron chi connectivity index (χ1n) is 9.79. The predicted molar refractivity (Wildman–Crippen MR) is 93.4 cm³/mol. The molecule has 0 radical (unpaired) electrons. The van der Waals surface area contributed by atoms with E-state index in [1.807, 2.05) is 9.80 Å². The molecule has 7 nitrogen and oxygen atoms in total. The minimum absolute atomic E-state index is 0.113. The number of amides is 2. The lowest BCUT2D eigenvalue weighted by Gasteiger charge is -2.28. The first-order valence-corrected chi connectivity index (χ1v) is 9.79. The number of carbonyl (C=O) groups is 2. The number of hydrogen-bond donors (Lipinski definition) is 1. The zero-order valence-electron chi connectivity index (χ0n) is 14.9. The summed E-state index contributed by atoms with van der Waals surface area (Å²) >= 11 is 0. The van der Waals surface area contributed by atoms with Crippen molar-refractivity contribution in [2.75, 3.05) is 19.6 Å². The third-order valence-corrected chi connectivity index (χ3v) is 6.14. The van der Waals surface area contributed by atoms with Crippen LogP contribution in [0.15, 0.2) is 4.79 Å². The van der Waals surface area contributed by atoms with E-state index in [9.17, 15) is 14.4 Å². The number of aromatic amines is 1. The van der Waals surface area contributed by atoms with Crippen LogP contribution in [-0.4, -0.2) is 51.2 Å². The number of hydrogen-bond acceptors (Lipinski definition) is 4. The Morgan fingerprint density at radius 3 is 2.35 bits per heavy atom. The Labute approximate surface area is 151 Å². The highest BCUT2D eigenvalue weighted by atomic mass is 16.2. The molecule has 2 amide bonds. The quantitative estimate of drug-likeness (QED) is 0.868. The highest BCUT2D eigenvalue weighted by Gasteiger charge is 2.38. The summed E-state index contributed by atoms with van der Waals surface area (Å²) in [6.45, 7) is 2.44. The van der Waals surface area contributed by atoms with Crippen molar-refractivity contribution in [2.45, 2.75) is 51.0 Å². The van der Waals surface area contributed by atoms with Gasteiger partial charge in [-0.1, -0.05) is 0 Å². The fraction of sp³-hybridized carbons (Fsp3) is 0.684. The average Bonchev–Trinajstić information content (AvgIpc) is 3.57. The molecule has 7 heteroatoms. The van der Waals surface area contributed by atoms with E-state index in [0.717, 1.165) is 44.3 Å². The molecular formula is C19H24N4O3. The van der Waals surface area contributed by atoms with Crippen molar-refractivity contribution in [1.29, 1.82) is 0 Å². The fourth-order valence-corrected chi connectivity index (χ4v) is 4.19. The molecule has 3 heterocycles. The molecular weight excluding hydrogens is 332 g/mol. The smallest absolute Gasteiger partial charge is 0.256 e. The number of fused-ring (bicyclic) bond motifs is 1. The third-order valence-electron chi connectivity index (χ3n) is 6.14. The van der Waals surface area contributed by atoms with Crippen LogP contribution in [0.3, 0.4) is 0 Å². The standard InChI is InChI=1S/C19H24N4O3/c24-17-14-10-23(19(26)12-3-4-12)8-6-15(14)20-16(21-17)13-5-7-22(9-13)18(25)11-1-2-11/h11-13H,1-10H2,(H,20,21,24)/t13-/m1/s1. The molecule has 26 heavy (non-hydrogen) atoms. The second-order valence-electron chi connectivity index (χ2n) is 8.20. The van der Waals surface area contributed by atoms with Gasteiger partial charge in [-0.2, -0.15) is 0 Å². The Bertz CT molecular complexity index is 825. The average molecular weight is 356 g/mol. The van der Waals surface area contributed by atoms with E-state index in [4.69, 9.17) is 4.98 Å². The second kappa shape index (κ2) is 5.93. The summed E-state index contributed by atoms with van der Waals surface area (Å²) in [5.41, 5.74) is 1.35. The van der Waals surface area contributed by atoms with E-state index in [1.165, 1.54) is 0 Å². The van der Waals surface area contributed by atoms with Crippen molar-refractivity contribution in [2.24, 2.45) is 11.8 Å². The van der Waals surface area contributed by atoms with Gasteiger partial charge in [0.15, 0.2) is 0 Å². The van der Waals surface area contributed by atoms with E-state index in [2.05, 4.69) is 4.98 Å². The zero-order valence-corrected chi connectivity index (χ0v) is 14.9. The van der Waals surface area contributed by atoms with Crippen LogP contribution in [0.5, 0.6) is 0 Å². The molecule has 0 aromatic carbocycles. The van der Waals surface area contributed by atoms with Crippen molar-refractivity contribution in [1.82, 2.24) is 19.8 Å². The number of H-pyrrole nitrogens is 1. The Morgan fingerprint density at radius 2 is 1.65 bits per heavy atom. The van der Waals surface area contributed by atoms with E-state index < -0.39 is 0 Å². The van der Waals surface area contributed by atoms with Gasteiger partial charge in [0.2, 0.25) is 11.8 Å². The van der Waals surface area contributed by atoms with Crippen LogP contribution in [0, 0.1) is 11.8 Å². The van der Waals surface area contributed by atoms with Gasteiger partial charge in [-0.25, -0.2) is 4.98 Å². The van der Waals surface area contributed by atoms with Crippen molar-refractivity contribution in [3.63, 3.8) is 0 Å². The Balaban J connectivity index is 1.33. The molecule has 3 fully saturated rings. The molecule has 1 atom stereocenters. The van der Waals surface area contributed by atoms with Crippen molar-refractivity contribution in [3.05, 3.63) is 27.4 Å². The lowest BCUT2D eigenvalue weighted by atomic mass is 10.0. The summed E-state index contributed by atoms with van der Waals surface area (Å²) in [6, 6.07) is 0. The monoisotopic (exact) mass is 356 g/mol. The van der Waals surface area contributed by atoms with Gasteiger partial charge < -0.3 is 14.8 Å². The maximum absolute atomic E-state index is 12.6. The highest BCUT2D eigenvalue weighted by molar-refractivity contribution is 5.81.